The van der Waals surface area contributed by atoms with E-state index in [0.717, 1.165) is 30.8 Å². The van der Waals surface area contributed by atoms with Crippen LogP contribution in [0.1, 0.15) is 31.7 Å². The number of hydrogen-bond acceptors (Lipinski definition) is 5. The third-order valence-electron chi connectivity index (χ3n) is 4.12. The van der Waals surface area contributed by atoms with Crippen LogP contribution in [0.15, 0.2) is 21.9 Å². The van der Waals surface area contributed by atoms with E-state index < -0.39 is 0 Å². The first-order valence-corrected chi connectivity index (χ1v) is 8.04. The van der Waals surface area contributed by atoms with E-state index in [9.17, 15) is 4.79 Å². The first-order valence-electron chi connectivity index (χ1n) is 7.16. The average molecular weight is 307 g/mol. The van der Waals surface area contributed by atoms with Gasteiger partial charge in [0.15, 0.2) is 6.04 Å². The maximum Gasteiger partial charge on any atom is 0.274 e. The summed E-state index contributed by atoms with van der Waals surface area (Å²) in [6, 6.07) is 4.00. The Labute approximate surface area is 127 Å². The van der Waals surface area contributed by atoms with Gasteiger partial charge in [0, 0.05) is 0 Å². The highest BCUT2D eigenvalue weighted by atomic mass is 32.1. The molecule has 1 aliphatic heterocycles. The molecule has 112 valence electrons. The van der Waals surface area contributed by atoms with Gasteiger partial charge in [0.05, 0.1) is 23.9 Å². The molecule has 3 N–H and O–H groups in total. The predicted molar refractivity (Wildman–Crippen MR) is 78.6 cm³/mol. The minimum Gasteiger partial charge on any atom is -0.414 e. The van der Waals surface area contributed by atoms with Gasteiger partial charge in [0.2, 0.25) is 5.91 Å². The fourth-order valence-corrected chi connectivity index (χ4v) is 3.46. The molecule has 1 aliphatic rings. The van der Waals surface area contributed by atoms with Gasteiger partial charge in [-0.1, -0.05) is 6.07 Å². The van der Waals surface area contributed by atoms with Crippen LogP contribution >= 0.6 is 11.3 Å². The predicted octanol–water partition coefficient (Wildman–Crippen LogP) is 0.639. The Morgan fingerprint density at radius 2 is 2.43 bits per heavy atom. The summed E-state index contributed by atoms with van der Waals surface area (Å²) >= 11 is 1.58. The van der Waals surface area contributed by atoms with E-state index >= 15 is 0 Å². The number of likely N-dealkylation sites (tertiary alicyclic amines) is 1. The van der Waals surface area contributed by atoms with Crippen molar-refractivity contribution < 1.29 is 14.1 Å². The van der Waals surface area contributed by atoms with Gasteiger partial charge >= 0.3 is 0 Å². The van der Waals surface area contributed by atoms with Crippen molar-refractivity contribution in [1.29, 1.82) is 0 Å². The van der Waals surface area contributed by atoms with E-state index in [1.807, 2.05) is 17.5 Å². The number of quaternary nitrogens is 1. The third kappa shape index (κ3) is 2.98. The van der Waals surface area contributed by atoms with Crippen LogP contribution in [-0.2, 0) is 4.79 Å². The van der Waals surface area contributed by atoms with Crippen LogP contribution in [0.3, 0.4) is 0 Å². The SMILES string of the molecule is C[C@@H](c1nnc(-c2cccs2)o1)[NH+]1CCC[C@H](C(N)=O)C1. The summed E-state index contributed by atoms with van der Waals surface area (Å²) in [4.78, 5) is 13.6. The van der Waals surface area contributed by atoms with E-state index in [4.69, 9.17) is 10.2 Å². The number of aromatic nitrogens is 2. The monoisotopic (exact) mass is 307 g/mol. The van der Waals surface area contributed by atoms with Crippen LogP contribution < -0.4 is 10.6 Å². The van der Waals surface area contributed by atoms with Gasteiger partial charge in [0.1, 0.15) is 0 Å². The van der Waals surface area contributed by atoms with Crippen molar-refractivity contribution in [1.82, 2.24) is 10.2 Å². The number of nitrogens with two attached hydrogens (primary N) is 1. The quantitative estimate of drug-likeness (QED) is 0.868. The van der Waals surface area contributed by atoms with Crippen molar-refractivity contribution in [2.24, 2.45) is 11.7 Å². The molecule has 1 fully saturated rings. The standard InChI is InChI=1S/C14H18N4O2S/c1-9(18-6-2-4-10(8-18)12(15)19)13-16-17-14(20-13)11-5-3-7-21-11/h3,5,7,9-10H,2,4,6,8H2,1H3,(H2,15,19)/p+1/t9-,10-/m0/s1. The molecule has 0 radical (unpaired) electrons. The lowest BCUT2D eigenvalue weighted by molar-refractivity contribution is -0.938. The lowest BCUT2D eigenvalue weighted by atomic mass is 9.96. The number of amides is 1. The largest absolute Gasteiger partial charge is 0.414 e. The number of hydrogen-bond donors (Lipinski definition) is 2. The zero-order chi connectivity index (χ0) is 14.8. The summed E-state index contributed by atoms with van der Waals surface area (Å²) < 4.78 is 5.79. The average Bonchev–Trinajstić information content (AvgIpc) is 3.17. The van der Waals surface area contributed by atoms with Crippen molar-refractivity contribution in [3.05, 3.63) is 23.4 Å². The maximum atomic E-state index is 11.4. The highest BCUT2D eigenvalue weighted by Gasteiger charge is 2.33. The molecule has 0 bridgehead atoms. The Kier molecular flexibility index (Phi) is 4.03. The number of nitrogens with zero attached hydrogens (tertiary/aromatic N) is 2. The van der Waals surface area contributed by atoms with Gasteiger partial charge in [-0.3, -0.25) is 4.79 Å². The molecule has 0 spiro atoms. The van der Waals surface area contributed by atoms with Crippen molar-refractivity contribution in [2.75, 3.05) is 13.1 Å². The molecular formula is C14H19N4O2S+. The molecule has 2 aromatic rings. The summed E-state index contributed by atoms with van der Waals surface area (Å²) in [7, 11) is 0. The van der Waals surface area contributed by atoms with Gasteiger partial charge in [-0.2, -0.15) is 0 Å². The Morgan fingerprint density at radius 3 is 3.14 bits per heavy atom. The van der Waals surface area contributed by atoms with Gasteiger partial charge in [0.25, 0.3) is 11.8 Å². The minimum atomic E-state index is -0.204. The number of rotatable bonds is 4. The second-order valence-electron chi connectivity index (χ2n) is 5.50. The van der Waals surface area contributed by atoms with Crippen molar-refractivity contribution in [2.45, 2.75) is 25.8 Å². The summed E-state index contributed by atoms with van der Waals surface area (Å²) in [5, 5.41) is 10.3. The summed E-state index contributed by atoms with van der Waals surface area (Å²) in [6.45, 7) is 3.80. The lowest BCUT2D eigenvalue weighted by Crippen LogP contribution is -3.13. The fraction of sp³-hybridized carbons (Fsp3) is 0.500. The van der Waals surface area contributed by atoms with Gasteiger partial charge in [-0.05, 0) is 31.2 Å². The molecule has 1 unspecified atom stereocenters. The Hall–Kier alpha value is -1.73. The highest BCUT2D eigenvalue weighted by molar-refractivity contribution is 7.13. The van der Waals surface area contributed by atoms with Gasteiger partial charge in [-0.25, -0.2) is 0 Å². The molecule has 0 aromatic carbocycles. The molecule has 3 heterocycles. The normalized spacial score (nSPS) is 23.9. The second kappa shape index (κ2) is 5.95. The molecule has 3 atom stereocenters. The van der Waals surface area contributed by atoms with Crippen molar-refractivity contribution in [3.8, 4) is 10.8 Å². The number of carbonyl (C=O) groups is 1. The van der Waals surface area contributed by atoms with Crippen molar-refractivity contribution in [3.63, 3.8) is 0 Å². The molecule has 21 heavy (non-hydrogen) atoms. The molecule has 0 aliphatic carbocycles. The molecule has 2 aromatic heterocycles. The second-order valence-corrected chi connectivity index (χ2v) is 6.45. The molecule has 3 rings (SSSR count). The topological polar surface area (TPSA) is 86.4 Å². The first-order chi connectivity index (χ1) is 10.1. The molecule has 1 amide bonds. The smallest absolute Gasteiger partial charge is 0.274 e. The van der Waals surface area contributed by atoms with Crippen LogP contribution in [0.4, 0.5) is 0 Å². The number of thiophene rings is 1. The molecular weight excluding hydrogens is 288 g/mol. The Morgan fingerprint density at radius 1 is 1.57 bits per heavy atom. The fourth-order valence-electron chi connectivity index (χ4n) is 2.82. The summed E-state index contributed by atoms with van der Waals surface area (Å²) in [6.07, 6.45) is 1.88. The Bertz CT molecular complexity index is 610. The molecule has 7 heteroatoms. The van der Waals surface area contributed by atoms with Crippen molar-refractivity contribution >= 4 is 17.2 Å². The van der Waals surface area contributed by atoms with Gasteiger partial charge < -0.3 is 15.1 Å². The minimum absolute atomic E-state index is 0.0455. The summed E-state index contributed by atoms with van der Waals surface area (Å²) in [5.41, 5.74) is 5.43. The van der Waals surface area contributed by atoms with Crippen LogP contribution in [0, 0.1) is 5.92 Å². The van der Waals surface area contributed by atoms with Crippen LogP contribution in [-0.4, -0.2) is 29.2 Å². The van der Waals surface area contributed by atoms with E-state index in [2.05, 4.69) is 17.1 Å². The maximum absolute atomic E-state index is 11.4. The van der Waals surface area contributed by atoms with E-state index in [0.29, 0.717) is 11.8 Å². The zero-order valence-electron chi connectivity index (χ0n) is 11.9. The van der Waals surface area contributed by atoms with Crippen LogP contribution in [0.5, 0.6) is 0 Å². The molecule has 1 saturated heterocycles. The molecule has 6 nitrogen and oxygen atoms in total. The van der Waals surface area contributed by atoms with Crippen LogP contribution in [0.2, 0.25) is 0 Å². The number of carbonyl (C=O) groups excluding carboxylic acids is 1. The van der Waals surface area contributed by atoms with E-state index in [1.165, 1.54) is 4.90 Å². The van der Waals surface area contributed by atoms with E-state index in [-0.39, 0.29) is 17.9 Å². The number of piperidine rings is 1. The zero-order valence-corrected chi connectivity index (χ0v) is 12.7. The lowest BCUT2D eigenvalue weighted by Gasteiger charge is -2.31. The first kappa shape index (κ1) is 14.2. The highest BCUT2D eigenvalue weighted by Crippen LogP contribution is 2.24. The van der Waals surface area contributed by atoms with E-state index in [1.54, 1.807) is 11.3 Å². The third-order valence-corrected chi connectivity index (χ3v) is 4.97. The Balaban J connectivity index is 1.73. The van der Waals surface area contributed by atoms with Gasteiger partial charge in [-0.15, -0.1) is 21.5 Å². The summed E-state index contributed by atoms with van der Waals surface area (Å²) in [5.74, 6) is 0.938. The van der Waals surface area contributed by atoms with Crippen LogP contribution in [0.25, 0.3) is 10.8 Å². The molecule has 0 saturated carbocycles. The number of primary amides is 1. The number of nitrogens with one attached hydrogen (secondary N) is 1.